The number of nitriles is 1. The number of rotatable bonds is 5. The van der Waals surface area contributed by atoms with E-state index in [1.807, 2.05) is 6.07 Å². The van der Waals surface area contributed by atoms with Gasteiger partial charge in [-0.25, -0.2) is 0 Å². The second kappa shape index (κ2) is 7.64. The van der Waals surface area contributed by atoms with Crippen LogP contribution in [0.2, 0.25) is 0 Å². The van der Waals surface area contributed by atoms with Crippen LogP contribution in [0.3, 0.4) is 0 Å². The Kier molecular flexibility index (Phi) is 5.30. The lowest BCUT2D eigenvalue weighted by Crippen LogP contribution is -2.35. The molecule has 0 bridgehead atoms. The summed E-state index contributed by atoms with van der Waals surface area (Å²) in [6, 6.07) is 14.5. The maximum Gasteiger partial charge on any atom is 0.229 e. The third-order valence-electron chi connectivity index (χ3n) is 4.14. The quantitative estimate of drug-likeness (QED) is 0.672. The topological polar surface area (TPSA) is 120 Å². The van der Waals surface area contributed by atoms with Crippen LogP contribution in [0.1, 0.15) is 21.5 Å². The minimum Gasteiger partial charge on any atom is -0.462 e. The third-order valence-corrected chi connectivity index (χ3v) is 4.14. The Labute approximate surface area is 149 Å². The molecule has 2 aromatic rings. The van der Waals surface area contributed by atoms with Gasteiger partial charge in [-0.3, -0.25) is 4.79 Å². The Bertz CT molecular complexity index is 811. The van der Waals surface area contributed by atoms with Crippen molar-refractivity contribution in [2.75, 3.05) is 6.61 Å². The number of carbonyl (C=O) groups excluding carboxylic acids is 1. The van der Waals surface area contributed by atoms with E-state index in [1.54, 1.807) is 48.5 Å². The molecule has 0 saturated carbocycles. The largest absolute Gasteiger partial charge is 0.462 e. The number of benzene rings is 2. The summed E-state index contributed by atoms with van der Waals surface area (Å²) in [6.07, 6.45) is -4.54. The molecule has 1 aliphatic rings. The van der Waals surface area contributed by atoms with E-state index in [4.69, 9.17) is 19.8 Å². The minimum absolute atomic E-state index is 0.200. The van der Waals surface area contributed by atoms with Crippen LogP contribution in [0.15, 0.2) is 48.5 Å². The van der Waals surface area contributed by atoms with E-state index >= 15 is 0 Å². The molecule has 1 aliphatic heterocycles. The van der Waals surface area contributed by atoms with E-state index in [0.717, 1.165) is 0 Å². The van der Waals surface area contributed by atoms with Gasteiger partial charge in [-0.2, -0.15) is 5.26 Å². The van der Waals surface area contributed by atoms with Crippen LogP contribution in [0.25, 0.3) is 0 Å². The Morgan fingerprint density at radius 2 is 1.62 bits per heavy atom. The summed E-state index contributed by atoms with van der Waals surface area (Å²) < 4.78 is 10.7. The fraction of sp³-hybridized carbons (Fsp3) is 0.263. The summed E-state index contributed by atoms with van der Waals surface area (Å²) in [6.45, 7) is -0.434. The van der Waals surface area contributed by atoms with Crippen molar-refractivity contribution in [3.63, 3.8) is 0 Å². The average Bonchev–Trinajstić information content (AvgIpc) is 2.96. The number of aliphatic hydroxyl groups excluding tert-OH is 3. The minimum atomic E-state index is -1.29. The van der Waals surface area contributed by atoms with Gasteiger partial charge in [-0.1, -0.05) is 0 Å². The van der Waals surface area contributed by atoms with Crippen LogP contribution in [0, 0.1) is 11.3 Å². The highest BCUT2D eigenvalue weighted by atomic mass is 16.7. The van der Waals surface area contributed by atoms with Crippen LogP contribution in [0.5, 0.6) is 5.75 Å². The lowest BCUT2D eigenvalue weighted by atomic mass is 10.0. The van der Waals surface area contributed by atoms with E-state index in [2.05, 4.69) is 0 Å². The van der Waals surface area contributed by atoms with Crippen LogP contribution >= 0.6 is 0 Å². The molecule has 0 aliphatic carbocycles. The van der Waals surface area contributed by atoms with E-state index in [1.165, 1.54) is 0 Å². The summed E-state index contributed by atoms with van der Waals surface area (Å²) in [5.41, 5.74) is 1.37. The van der Waals surface area contributed by atoms with Gasteiger partial charge in [0.05, 0.1) is 18.2 Å². The molecule has 1 fully saturated rings. The molecule has 0 radical (unpaired) electrons. The number of nitrogens with zero attached hydrogens (tertiary/aromatic N) is 1. The normalized spacial score (nSPS) is 24.8. The van der Waals surface area contributed by atoms with Crippen LogP contribution in [-0.2, 0) is 4.74 Å². The Morgan fingerprint density at radius 3 is 2.12 bits per heavy atom. The number of carbonyl (C=O) groups is 1. The molecule has 1 saturated heterocycles. The number of ether oxygens (including phenoxy) is 2. The zero-order valence-corrected chi connectivity index (χ0v) is 13.6. The molecule has 134 valence electrons. The molecule has 0 unspecified atom stereocenters. The molecule has 7 nitrogen and oxygen atoms in total. The molecule has 0 spiro atoms. The summed E-state index contributed by atoms with van der Waals surface area (Å²) in [4.78, 5) is 12.4. The SMILES string of the molecule is N#Cc1ccc(C(=O)c2ccc(O[C@@H]3O[C@H](CO)[C@H](O)[C@H]3O)cc2)cc1. The standard InChI is InChI=1S/C19H17NO6/c20-9-11-1-3-12(4-2-11)16(22)13-5-7-14(8-6-13)25-19-18(24)17(23)15(10-21)26-19/h1-8,15,17-19,21,23-24H,10H2/t15-,17+,18-,19-/m1/s1. The van der Waals surface area contributed by atoms with Crippen molar-refractivity contribution in [2.24, 2.45) is 0 Å². The Morgan fingerprint density at radius 1 is 1.04 bits per heavy atom. The van der Waals surface area contributed by atoms with Crippen molar-refractivity contribution >= 4 is 5.78 Å². The summed E-state index contributed by atoms with van der Waals surface area (Å²) in [5.74, 6) is 0.144. The van der Waals surface area contributed by atoms with Crippen molar-refractivity contribution in [1.82, 2.24) is 0 Å². The van der Waals surface area contributed by atoms with Gasteiger partial charge < -0.3 is 24.8 Å². The second-order valence-electron chi connectivity index (χ2n) is 5.87. The molecule has 2 aromatic carbocycles. The average molecular weight is 355 g/mol. The smallest absolute Gasteiger partial charge is 0.229 e. The molecule has 3 rings (SSSR count). The maximum absolute atomic E-state index is 12.4. The lowest BCUT2D eigenvalue weighted by Gasteiger charge is -2.16. The molecule has 3 N–H and O–H groups in total. The van der Waals surface area contributed by atoms with Crippen LogP contribution in [0.4, 0.5) is 0 Å². The first-order valence-corrected chi connectivity index (χ1v) is 7.97. The first kappa shape index (κ1) is 18.0. The predicted octanol–water partition coefficient (Wildman–Crippen LogP) is 0.607. The van der Waals surface area contributed by atoms with E-state index in [0.29, 0.717) is 22.4 Å². The summed E-state index contributed by atoms with van der Waals surface area (Å²) in [5, 5.41) is 37.4. The van der Waals surface area contributed by atoms with Crippen molar-refractivity contribution in [3.05, 3.63) is 65.2 Å². The third kappa shape index (κ3) is 3.59. The molecule has 4 atom stereocenters. The first-order chi connectivity index (χ1) is 12.5. The maximum atomic E-state index is 12.4. The van der Waals surface area contributed by atoms with Crippen LogP contribution < -0.4 is 4.74 Å². The van der Waals surface area contributed by atoms with Gasteiger partial charge in [0.25, 0.3) is 0 Å². The van der Waals surface area contributed by atoms with Gasteiger partial charge in [0, 0.05) is 11.1 Å². The van der Waals surface area contributed by atoms with Gasteiger partial charge >= 0.3 is 0 Å². The second-order valence-corrected chi connectivity index (χ2v) is 5.87. The molecular weight excluding hydrogens is 338 g/mol. The summed E-state index contributed by atoms with van der Waals surface area (Å²) >= 11 is 0. The Balaban J connectivity index is 1.68. The van der Waals surface area contributed by atoms with E-state index in [9.17, 15) is 15.0 Å². The van der Waals surface area contributed by atoms with Crippen molar-refractivity contribution in [1.29, 1.82) is 5.26 Å². The number of hydrogen-bond donors (Lipinski definition) is 3. The van der Waals surface area contributed by atoms with Gasteiger partial charge in [-0.15, -0.1) is 0 Å². The molecular formula is C19H17NO6. The molecule has 7 heteroatoms. The van der Waals surface area contributed by atoms with E-state index < -0.39 is 31.2 Å². The molecule has 0 aromatic heterocycles. The number of ketones is 1. The van der Waals surface area contributed by atoms with Gasteiger partial charge in [0.15, 0.2) is 5.78 Å². The predicted molar refractivity (Wildman–Crippen MR) is 89.4 cm³/mol. The van der Waals surface area contributed by atoms with Gasteiger partial charge in [0.1, 0.15) is 24.1 Å². The monoisotopic (exact) mass is 355 g/mol. The van der Waals surface area contributed by atoms with Gasteiger partial charge in [0.2, 0.25) is 6.29 Å². The highest BCUT2D eigenvalue weighted by molar-refractivity contribution is 6.09. The van der Waals surface area contributed by atoms with Crippen molar-refractivity contribution < 1.29 is 29.6 Å². The zero-order valence-electron chi connectivity index (χ0n) is 13.6. The van der Waals surface area contributed by atoms with Crippen LogP contribution in [-0.4, -0.2) is 52.3 Å². The fourth-order valence-electron chi connectivity index (χ4n) is 2.64. The van der Waals surface area contributed by atoms with Crippen molar-refractivity contribution in [3.8, 4) is 11.8 Å². The molecule has 1 heterocycles. The molecule has 0 amide bonds. The first-order valence-electron chi connectivity index (χ1n) is 7.97. The fourth-order valence-corrected chi connectivity index (χ4v) is 2.64. The number of aliphatic hydroxyl groups is 3. The van der Waals surface area contributed by atoms with E-state index in [-0.39, 0.29) is 5.78 Å². The highest BCUT2D eigenvalue weighted by Gasteiger charge is 2.43. The highest BCUT2D eigenvalue weighted by Crippen LogP contribution is 2.25. The number of hydrogen-bond acceptors (Lipinski definition) is 7. The molecule has 26 heavy (non-hydrogen) atoms. The zero-order chi connectivity index (χ0) is 18.7. The summed E-state index contributed by atoms with van der Waals surface area (Å²) in [7, 11) is 0. The lowest BCUT2D eigenvalue weighted by molar-refractivity contribution is -0.116. The Hall–Kier alpha value is -2.76. The van der Waals surface area contributed by atoms with Crippen molar-refractivity contribution in [2.45, 2.75) is 24.6 Å². The van der Waals surface area contributed by atoms with Gasteiger partial charge in [-0.05, 0) is 48.5 Å².